The lowest BCUT2D eigenvalue weighted by molar-refractivity contribution is -0.122. The van der Waals surface area contributed by atoms with Crippen LogP contribution in [-0.2, 0) is 4.79 Å². The van der Waals surface area contributed by atoms with Gasteiger partial charge in [0.25, 0.3) is 0 Å². The van der Waals surface area contributed by atoms with Gasteiger partial charge < -0.3 is 15.7 Å². The van der Waals surface area contributed by atoms with Gasteiger partial charge in [-0.2, -0.15) is 0 Å². The Labute approximate surface area is 104 Å². The third kappa shape index (κ3) is 6.64. The molecule has 3 N–H and O–H groups in total. The zero-order valence-electron chi connectivity index (χ0n) is 10.9. The molecule has 1 aliphatic heterocycles. The number of nitrogens with one attached hydrogen (secondary N) is 2. The van der Waals surface area contributed by atoms with E-state index < -0.39 is 0 Å². The summed E-state index contributed by atoms with van der Waals surface area (Å²) in [4.78, 5) is 11.7. The summed E-state index contributed by atoms with van der Waals surface area (Å²) in [6.45, 7) is 4.39. The summed E-state index contributed by atoms with van der Waals surface area (Å²) in [5.74, 6) is 0.878. The highest BCUT2D eigenvalue weighted by atomic mass is 16.2. The zero-order valence-corrected chi connectivity index (χ0v) is 10.9. The summed E-state index contributed by atoms with van der Waals surface area (Å²) in [5.41, 5.74) is 0. The number of aliphatic hydroxyl groups excluding tert-OH is 1. The molecule has 1 amide bonds. The van der Waals surface area contributed by atoms with Crippen LogP contribution >= 0.6 is 0 Å². The molecule has 17 heavy (non-hydrogen) atoms. The molecule has 4 nitrogen and oxygen atoms in total. The Morgan fingerprint density at radius 3 is 2.82 bits per heavy atom. The van der Waals surface area contributed by atoms with Crippen molar-refractivity contribution in [3.05, 3.63) is 0 Å². The maximum atomic E-state index is 11.7. The van der Waals surface area contributed by atoms with Gasteiger partial charge >= 0.3 is 0 Å². The largest absolute Gasteiger partial charge is 0.396 e. The second-order valence-corrected chi connectivity index (χ2v) is 5.07. The number of aliphatic hydroxyl groups is 1. The number of hydrogen-bond donors (Lipinski definition) is 3. The molecule has 1 atom stereocenters. The minimum atomic E-state index is 0.161. The van der Waals surface area contributed by atoms with Crippen LogP contribution < -0.4 is 10.6 Å². The van der Waals surface area contributed by atoms with Crippen LogP contribution in [0.25, 0.3) is 0 Å². The van der Waals surface area contributed by atoms with Crippen molar-refractivity contribution in [3.63, 3.8) is 0 Å². The van der Waals surface area contributed by atoms with Crippen molar-refractivity contribution in [1.29, 1.82) is 0 Å². The molecule has 0 aromatic carbocycles. The Bertz CT molecular complexity index is 215. The van der Waals surface area contributed by atoms with Crippen LogP contribution in [0.1, 0.15) is 45.4 Å². The second-order valence-electron chi connectivity index (χ2n) is 5.07. The molecule has 1 saturated heterocycles. The van der Waals surface area contributed by atoms with E-state index in [1.807, 2.05) is 6.92 Å². The monoisotopic (exact) mass is 242 g/mol. The van der Waals surface area contributed by atoms with Crippen molar-refractivity contribution in [1.82, 2.24) is 10.6 Å². The second kappa shape index (κ2) is 8.48. The third-order valence-electron chi connectivity index (χ3n) is 3.44. The SMILES string of the molecule is CC(CCCO)NC(=O)CCC1CCNCC1. The number of carbonyl (C=O) groups is 1. The van der Waals surface area contributed by atoms with Crippen molar-refractivity contribution in [3.8, 4) is 0 Å². The van der Waals surface area contributed by atoms with Gasteiger partial charge in [0.05, 0.1) is 0 Å². The molecule has 1 unspecified atom stereocenters. The summed E-state index contributed by atoms with van der Waals surface area (Å²) in [6, 6.07) is 0.183. The normalized spacial score (nSPS) is 18.9. The highest BCUT2D eigenvalue weighted by molar-refractivity contribution is 5.76. The highest BCUT2D eigenvalue weighted by Gasteiger charge is 2.15. The lowest BCUT2D eigenvalue weighted by Gasteiger charge is -2.22. The average Bonchev–Trinajstić information content (AvgIpc) is 2.35. The first-order chi connectivity index (χ1) is 8.22. The number of carbonyl (C=O) groups excluding carboxylic acids is 1. The fourth-order valence-electron chi connectivity index (χ4n) is 2.32. The van der Waals surface area contributed by atoms with Gasteiger partial charge in [-0.25, -0.2) is 0 Å². The summed E-state index contributed by atoms with van der Waals surface area (Å²) in [5, 5.41) is 15.0. The molecule has 0 aliphatic carbocycles. The molecule has 1 fully saturated rings. The van der Waals surface area contributed by atoms with E-state index >= 15 is 0 Å². The summed E-state index contributed by atoms with van der Waals surface area (Å²) in [6.07, 6.45) is 5.68. The quantitative estimate of drug-likeness (QED) is 0.625. The molecular weight excluding hydrogens is 216 g/mol. The summed E-state index contributed by atoms with van der Waals surface area (Å²) in [7, 11) is 0. The van der Waals surface area contributed by atoms with Gasteiger partial charge in [-0.3, -0.25) is 4.79 Å². The van der Waals surface area contributed by atoms with E-state index in [2.05, 4.69) is 10.6 Å². The topological polar surface area (TPSA) is 61.4 Å². The van der Waals surface area contributed by atoms with Gasteiger partial charge in [-0.05, 0) is 58.0 Å². The molecule has 0 radical (unpaired) electrons. The number of hydrogen-bond acceptors (Lipinski definition) is 3. The lowest BCUT2D eigenvalue weighted by Crippen LogP contribution is -2.33. The Morgan fingerprint density at radius 2 is 2.18 bits per heavy atom. The van der Waals surface area contributed by atoms with Gasteiger partial charge in [0.2, 0.25) is 5.91 Å². The van der Waals surface area contributed by atoms with E-state index in [-0.39, 0.29) is 18.6 Å². The average molecular weight is 242 g/mol. The molecule has 1 heterocycles. The Kier molecular flexibility index (Phi) is 7.21. The molecule has 1 aliphatic rings. The van der Waals surface area contributed by atoms with Gasteiger partial charge in [-0.1, -0.05) is 0 Å². The van der Waals surface area contributed by atoms with Crippen molar-refractivity contribution < 1.29 is 9.90 Å². The predicted octanol–water partition coefficient (Wildman–Crippen LogP) is 1.04. The van der Waals surface area contributed by atoms with E-state index in [4.69, 9.17) is 5.11 Å². The molecule has 100 valence electrons. The zero-order chi connectivity index (χ0) is 12.5. The molecule has 4 heteroatoms. The molecular formula is C13H26N2O2. The molecule has 0 aromatic heterocycles. The highest BCUT2D eigenvalue weighted by Crippen LogP contribution is 2.17. The van der Waals surface area contributed by atoms with E-state index in [0.29, 0.717) is 6.42 Å². The van der Waals surface area contributed by atoms with Crippen molar-refractivity contribution in [2.75, 3.05) is 19.7 Å². The Balaban J connectivity index is 2.07. The van der Waals surface area contributed by atoms with Crippen LogP contribution in [0.5, 0.6) is 0 Å². The number of rotatable bonds is 7. The standard InChI is InChI=1S/C13H26N2O2/c1-11(3-2-10-16)15-13(17)5-4-12-6-8-14-9-7-12/h11-12,14,16H,2-10H2,1H3,(H,15,17). The van der Waals surface area contributed by atoms with E-state index in [1.54, 1.807) is 0 Å². The fourth-order valence-corrected chi connectivity index (χ4v) is 2.32. The number of piperidine rings is 1. The first kappa shape index (κ1) is 14.5. The molecule has 0 spiro atoms. The lowest BCUT2D eigenvalue weighted by atomic mass is 9.93. The van der Waals surface area contributed by atoms with E-state index in [9.17, 15) is 4.79 Å². The van der Waals surface area contributed by atoms with Crippen LogP contribution in [0.3, 0.4) is 0 Å². The summed E-state index contributed by atoms with van der Waals surface area (Å²) >= 11 is 0. The van der Waals surface area contributed by atoms with Gasteiger partial charge in [0, 0.05) is 19.1 Å². The minimum Gasteiger partial charge on any atom is -0.396 e. The molecule has 1 rings (SSSR count). The summed E-state index contributed by atoms with van der Waals surface area (Å²) < 4.78 is 0. The molecule has 0 aromatic rings. The van der Waals surface area contributed by atoms with Crippen LogP contribution in [-0.4, -0.2) is 36.8 Å². The van der Waals surface area contributed by atoms with Crippen LogP contribution in [0.4, 0.5) is 0 Å². The first-order valence-corrected chi connectivity index (χ1v) is 6.83. The maximum absolute atomic E-state index is 11.7. The van der Waals surface area contributed by atoms with Crippen LogP contribution in [0.2, 0.25) is 0 Å². The Morgan fingerprint density at radius 1 is 1.47 bits per heavy atom. The van der Waals surface area contributed by atoms with Gasteiger partial charge in [-0.15, -0.1) is 0 Å². The van der Waals surface area contributed by atoms with Crippen molar-refractivity contribution in [2.24, 2.45) is 5.92 Å². The van der Waals surface area contributed by atoms with Gasteiger partial charge in [0.1, 0.15) is 0 Å². The van der Waals surface area contributed by atoms with Crippen LogP contribution in [0, 0.1) is 5.92 Å². The Hall–Kier alpha value is -0.610. The minimum absolute atomic E-state index is 0.161. The first-order valence-electron chi connectivity index (χ1n) is 6.83. The third-order valence-corrected chi connectivity index (χ3v) is 3.44. The van der Waals surface area contributed by atoms with Crippen LogP contribution in [0.15, 0.2) is 0 Å². The van der Waals surface area contributed by atoms with Gasteiger partial charge in [0.15, 0.2) is 0 Å². The fraction of sp³-hybridized carbons (Fsp3) is 0.923. The number of amides is 1. The van der Waals surface area contributed by atoms with E-state index in [0.717, 1.165) is 38.3 Å². The predicted molar refractivity (Wildman–Crippen MR) is 68.8 cm³/mol. The smallest absolute Gasteiger partial charge is 0.220 e. The van der Waals surface area contributed by atoms with Crippen molar-refractivity contribution >= 4 is 5.91 Å². The maximum Gasteiger partial charge on any atom is 0.220 e. The molecule has 0 saturated carbocycles. The van der Waals surface area contributed by atoms with Crippen molar-refractivity contribution in [2.45, 2.75) is 51.5 Å². The van der Waals surface area contributed by atoms with E-state index in [1.165, 1.54) is 12.8 Å². The molecule has 0 bridgehead atoms.